The van der Waals surface area contributed by atoms with Crippen molar-refractivity contribution in [2.75, 3.05) is 0 Å². The van der Waals surface area contributed by atoms with E-state index in [2.05, 4.69) is 15.3 Å². The molecule has 0 fully saturated rings. The second kappa shape index (κ2) is 7.06. The van der Waals surface area contributed by atoms with E-state index in [1.165, 1.54) is 11.3 Å². The summed E-state index contributed by atoms with van der Waals surface area (Å²) >= 11 is 1.41. The molecule has 0 aromatic carbocycles. The maximum absolute atomic E-state index is 12.2. The van der Waals surface area contributed by atoms with Crippen LogP contribution in [0.4, 0.5) is 0 Å². The Morgan fingerprint density at radius 1 is 1.26 bits per heavy atom. The monoisotopic (exact) mass is 358 g/mol. The number of nitrogens with zero attached hydrogens (tertiary/aromatic N) is 4. The van der Waals surface area contributed by atoms with Crippen molar-refractivity contribution in [3.63, 3.8) is 0 Å². The number of rotatable bonds is 7. The molecule has 2 aromatic heterocycles. The summed E-state index contributed by atoms with van der Waals surface area (Å²) in [6.07, 6.45) is 1.65. The quantitative estimate of drug-likeness (QED) is 0.754. The van der Waals surface area contributed by atoms with E-state index in [9.17, 15) is 8.42 Å². The third-order valence-electron chi connectivity index (χ3n) is 2.87. The zero-order valence-electron chi connectivity index (χ0n) is 13.8. The van der Waals surface area contributed by atoms with E-state index in [1.807, 2.05) is 27.7 Å². The molecule has 2 aromatic rings. The molecule has 0 aliphatic carbocycles. The van der Waals surface area contributed by atoms with Crippen LogP contribution in [0.5, 0.6) is 0 Å². The molecule has 0 spiro atoms. The summed E-state index contributed by atoms with van der Waals surface area (Å²) in [5, 5.41) is 10.3. The third-order valence-corrected chi connectivity index (χ3v) is 5.22. The fraction of sp³-hybridized carbons (Fsp3) is 0.643. The number of aryl methyl sites for hydroxylation is 1. The SMILES string of the molecule is CCn1cc(CS(=O)(=O)Cc2csc(COC(C)(C)C)n2)nn1. The van der Waals surface area contributed by atoms with Crippen molar-refractivity contribution in [2.45, 2.75) is 58.0 Å². The van der Waals surface area contributed by atoms with E-state index in [4.69, 9.17) is 4.74 Å². The lowest BCUT2D eigenvalue weighted by atomic mass is 10.2. The van der Waals surface area contributed by atoms with E-state index in [0.717, 1.165) is 5.01 Å². The number of sulfone groups is 1. The highest BCUT2D eigenvalue weighted by atomic mass is 32.2. The number of hydrogen-bond acceptors (Lipinski definition) is 7. The second-order valence-corrected chi connectivity index (χ2v) is 9.24. The van der Waals surface area contributed by atoms with Crippen LogP contribution < -0.4 is 0 Å². The Kier molecular flexibility index (Phi) is 5.53. The highest BCUT2D eigenvalue weighted by molar-refractivity contribution is 7.89. The molecule has 0 saturated carbocycles. The molecule has 0 bridgehead atoms. The van der Waals surface area contributed by atoms with Gasteiger partial charge in [0.15, 0.2) is 9.84 Å². The Bertz CT molecular complexity index is 744. The molecule has 0 radical (unpaired) electrons. The van der Waals surface area contributed by atoms with Crippen LogP contribution in [0.3, 0.4) is 0 Å². The van der Waals surface area contributed by atoms with E-state index in [0.29, 0.717) is 24.5 Å². The Hall–Kier alpha value is -1.32. The van der Waals surface area contributed by atoms with E-state index < -0.39 is 9.84 Å². The van der Waals surface area contributed by atoms with Gasteiger partial charge in [-0.1, -0.05) is 5.21 Å². The average molecular weight is 358 g/mol. The first-order valence-corrected chi connectivity index (χ1v) is 10.0. The molecule has 2 heterocycles. The summed E-state index contributed by atoms with van der Waals surface area (Å²) in [7, 11) is -3.33. The molecule has 7 nitrogen and oxygen atoms in total. The summed E-state index contributed by atoms with van der Waals surface area (Å²) in [5.41, 5.74) is 0.756. The lowest BCUT2D eigenvalue weighted by Gasteiger charge is -2.18. The molecular formula is C14H22N4O3S2. The van der Waals surface area contributed by atoms with Crippen LogP contribution in [0.25, 0.3) is 0 Å². The minimum atomic E-state index is -3.33. The molecule has 0 amide bonds. The van der Waals surface area contributed by atoms with Crippen molar-refractivity contribution in [1.82, 2.24) is 20.0 Å². The molecule has 0 aliphatic rings. The normalized spacial score (nSPS) is 12.7. The van der Waals surface area contributed by atoms with Gasteiger partial charge in [-0.3, -0.25) is 4.68 Å². The van der Waals surface area contributed by atoms with Gasteiger partial charge in [-0.15, -0.1) is 16.4 Å². The van der Waals surface area contributed by atoms with Crippen LogP contribution in [0.1, 0.15) is 44.1 Å². The van der Waals surface area contributed by atoms with Crippen LogP contribution in [0.15, 0.2) is 11.6 Å². The maximum Gasteiger partial charge on any atom is 0.161 e. The molecule has 0 saturated heterocycles. The average Bonchev–Trinajstić information content (AvgIpc) is 3.04. The van der Waals surface area contributed by atoms with E-state index in [-0.39, 0.29) is 17.1 Å². The second-order valence-electron chi connectivity index (χ2n) is 6.23. The Morgan fingerprint density at radius 2 is 1.96 bits per heavy atom. The smallest absolute Gasteiger partial charge is 0.161 e. The van der Waals surface area contributed by atoms with Crippen LogP contribution in [-0.2, 0) is 39.2 Å². The largest absolute Gasteiger partial charge is 0.369 e. The van der Waals surface area contributed by atoms with Gasteiger partial charge in [0, 0.05) is 18.1 Å². The van der Waals surface area contributed by atoms with Gasteiger partial charge in [0.2, 0.25) is 0 Å². The molecule has 9 heteroatoms. The minimum absolute atomic E-state index is 0.0992. The third kappa shape index (κ3) is 6.00. The van der Waals surface area contributed by atoms with Crippen LogP contribution in [-0.4, -0.2) is 34.0 Å². The summed E-state index contributed by atoms with van der Waals surface area (Å²) in [6, 6.07) is 0. The van der Waals surface area contributed by atoms with Crippen molar-refractivity contribution in [2.24, 2.45) is 0 Å². The maximum atomic E-state index is 12.2. The topological polar surface area (TPSA) is 87.0 Å². The van der Waals surface area contributed by atoms with Crippen molar-refractivity contribution in [3.8, 4) is 0 Å². The van der Waals surface area contributed by atoms with Gasteiger partial charge in [0.25, 0.3) is 0 Å². The molecule has 23 heavy (non-hydrogen) atoms. The van der Waals surface area contributed by atoms with Gasteiger partial charge in [-0.25, -0.2) is 13.4 Å². The van der Waals surface area contributed by atoms with Gasteiger partial charge in [0.1, 0.15) is 5.01 Å². The standard InChI is InChI=1S/C14H22N4O3S2/c1-5-18-6-11(16-17-18)9-23(19,20)10-12-8-22-13(15-12)7-21-14(2,3)4/h6,8H,5,7,9-10H2,1-4H3. The van der Waals surface area contributed by atoms with Crippen LogP contribution in [0.2, 0.25) is 0 Å². The molecular weight excluding hydrogens is 336 g/mol. The first kappa shape index (κ1) is 18.0. The van der Waals surface area contributed by atoms with Gasteiger partial charge < -0.3 is 4.74 Å². The molecule has 0 aliphatic heterocycles. The lowest BCUT2D eigenvalue weighted by molar-refractivity contribution is -0.0150. The molecule has 0 unspecified atom stereocenters. The predicted octanol–water partition coefficient (Wildman–Crippen LogP) is 2.18. The van der Waals surface area contributed by atoms with Gasteiger partial charge in [-0.2, -0.15) is 0 Å². The molecule has 0 N–H and O–H groups in total. The number of hydrogen-bond donors (Lipinski definition) is 0. The fourth-order valence-corrected chi connectivity index (χ4v) is 3.91. The van der Waals surface area contributed by atoms with Gasteiger partial charge >= 0.3 is 0 Å². The van der Waals surface area contributed by atoms with Gasteiger partial charge in [-0.05, 0) is 27.7 Å². The van der Waals surface area contributed by atoms with Crippen molar-refractivity contribution in [1.29, 1.82) is 0 Å². The molecule has 128 valence electrons. The molecule has 0 atom stereocenters. The van der Waals surface area contributed by atoms with Crippen LogP contribution >= 0.6 is 11.3 Å². The minimum Gasteiger partial charge on any atom is -0.369 e. The zero-order valence-corrected chi connectivity index (χ0v) is 15.4. The zero-order chi connectivity index (χ0) is 17.1. The number of thiazole rings is 1. The summed E-state index contributed by atoms with van der Waals surface area (Å²) in [6.45, 7) is 8.87. The predicted molar refractivity (Wildman–Crippen MR) is 88.7 cm³/mol. The Balaban J connectivity index is 1.96. The first-order chi connectivity index (χ1) is 10.7. The van der Waals surface area contributed by atoms with Crippen molar-refractivity contribution >= 4 is 21.2 Å². The van der Waals surface area contributed by atoms with Gasteiger partial charge in [0.05, 0.1) is 35.1 Å². The molecule has 2 rings (SSSR count). The Morgan fingerprint density at radius 3 is 2.57 bits per heavy atom. The lowest BCUT2D eigenvalue weighted by Crippen LogP contribution is -2.18. The van der Waals surface area contributed by atoms with Crippen molar-refractivity contribution < 1.29 is 13.2 Å². The van der Waals surface area contributed by atoms with E-state index >= 15 is 0 Å². The number of ether oxygens (including phenoxy) is 1. The highest BCUT2D eigenvalue weighted by Gasteiger charge is 2.18. The van der Waals surface area contributed by atoms with E-state index in [1.54, 1.807) is 16.3 Å². The first-order valence-electron chi connectivity index (χ1n) is 7.33. The van der Waals surface area contributed by atoms with Crippen molar-refractivity contribution in [3.05, 3.63) is 28.0 Å². The highest BCUT2D eigenvalue weighted by Crippen LogP contribution is 2.18. The Labute approximate surface area is 140 Å². The summed E-state index contributed by atoms with van der Waals surface area (Å²) in [5.74, 6) is -0.226. The number of aromatic nitrogens is 4. The summed E-state index contributed by atoms with van der Waals surface area (Å²) < 4.78 is 31.8. The fourth-order valence-electron chi connectivity index (χ4n) is 1.82. The summed E-state index contributed by atoms with van der Waals surface area (Å²) in [4.78, 5) is 4.33. The van der Waals surface area contributed by atoms with Crippen LogP contribution in [0, 0.1) is 0 Å².